The SMILES string of the molecule is CN1CCN(c2ccc3nc(-c4ccc5nc(-c6cccc(N(C)C)c6)[nH]c5c4)[nH]c3c2)CC1. The number of hydrogen-bond acceptors (Lipinski definition) is 5. The first-order valence-electron chi connectivity index (χ1n) is 11.7. The molecule has 1 aliphatic rings. The third-order valence-electron chi connectivity index (χ3n) is 6.73. The maximum absolute atomic E-state index is 4.86. The Morgan fingerprint density at radius 2 is 1.38 bits per heavy atom. The summed E-state index contributed by atoms with van der Waals surface area (Å²) in [6, 6.07) is 21.2. The fourth-order valence-electron chi connectivity index (χ4n) is 4.62. The quantitative estimate of drug-likeness (QED) is 0.418. The second-order valence-electron chi connectivity index (χ2n) is 9.34. The highest BCUT2D eigenvalue weighted by molar-refractivity contribution is 5.87. The van der Waals surface area contributed by atoms with Crippen LogP contribution in [0.1, 0.15) is 0 Å². The Morgan fingerprint density at radius 3 is 2.09 bits per heavy atom. The zero-order chi connectivity index (χ0) is 23.2. The normalized spacial score (nSPS) is 14.9. The summed E-state index contributed by atoms with van der Waals surface area (Å²) in [5.74, 6) is 1.75. The maximum Gasteiger partial charge on any atom is 0.138 e. The Labute approximate surface area is 199 Å². The van der Waals surface area contributed by atoms with Crippen molar-refractivity contribution in [1.82, 2.24) is 24.8 Å². The van der Waals surface area contributed by atoms with E-state index in [1.807, 2.05) is 14.1 Å². The number of anilines is 2. The van der Waals surface area contributed by atoms with Crippen LogP contribution in [-0.2, 0) is 0 Å². The summed E-state index contributed by atoms with van der Waals surface area (Å²) in [5, 5.41) is 0. The van der Waals surface area contributed by atoms with E-state index in [9.17, 15) is 0 Å². The van der Waals surface area contributed by atoms with Gasteiger partial charge in [-0.15, -0.1) is 0 Å². The average Bonchev–Trinajstić information content (AvgIpc) is 3.48. The molecule has 1 aliphatic heterocycles. The fraction of sp³-hybridized carbons (Fsp3) is 0.259. The van der Waals surface area contributed by atoms with Gasteiger partial charge < -0.3 is 24.7 Å². The van der Waals surface area contributed by atoms with Crippen molar-refractivity contribution in [2.75, 3.05) is 57.1 Å². The summed E-state index contributed by atoms with van der Waals surface area (Å²) < 4.78 is 0. The van der Waals surface area contributed by atoms with Crippen LogP contribution < -0.4 is 9.80 Å². The molecule has 0 amide bonds. The second-order valence-corrected chi connectivity index (χ2v) is 9.34. The lowest BCUT2D eigenvalue weighted by atomic mass is 10.2. The molecule has 0 saturated carbocycles. The van der Waals surface area contributed by atoms with Crippen LogP contribution in [0.5, 0.6) is 0 Å². The molecule has 2 aromatic heterocycles. The molecule has 6 rings (SSSR count). The summed E-state index contributed by atoms with van der Waals surface area (Å²) in [6.45, 7) is 4.30. The number of aromatic amines is 2. The van der Waals surface area contributed by atoms with Gasteiger partial charge >= 0.3 is 0 Å². The van der Waals surface area contributed by atoms with E-state index >= 15 is 0 Å². The lowest BCUT2D eigenvalue weighted by molar-refractivity contribution is 0.313. The number of H-pyrrole nitrogens is 2. The molecule has 0 aliphatic carbocycles. The van der Waals surface area contributed by atoms with Gasteiger partial charge in [0, 0.05) is 62.8 Å². The van der Waals surface area contributed by atoms with E-state index in [1.54, 1.807) is 0 Å². The average molecular weight is 452 g/mol. The van der Waals surface area contributed by atoms with Crippen LogP contribution >= 0.6 is 0 Å². The molecule has 1 fully saturated rings. The lowest BCUT2D eigenvalue weighted by Gasteiger charge is -2.34. The number of imidazole rings is 2. The van der Waals surface area contributed by atoms with Gasteiger partial charge in [-0.1, -0.05) is 12.1 Å². The summed E-state index contributed by atoms with van der Waals surface area (Å²) in [4.78, 5) is 23.6. The summed E-state index contributed by atoms with van der Waals surface area (Å²) in [6.07, 6.45) is 0. The highest BCUT2D eigenvalue weighted by atomic mass is 15.2. The number of likely N-dealkylation sites (N-methyl/N-ethyl adjacent to an activating group) is 1. The van der Waals surface area contributed by atoms with Crippen LogP contribution in [0.25, 0.3) is 44.8 Å². The van der Waals surface area contributed by atoms with Crippen LogP contribution in [0.3, 0.4) is 0 Å². The van der Waals surface area contributed by atoms with Crippen LogP contribution in [0, 0.1) is 0 Å². The van der Waals surface area contributed by atoms with Crippen molar-refractivity contribution in [1.29, 1.82) is 0 Å². The fourth-order valence-corrected chi connectivity index (χ4v) is 4.62. The second kappa shape index (κ2) is 8.18. The molecule has 0 unspecified atom stereocenters. The Hall–Kier alpha value is -3.84. The van der Waals surface area contributed by atoms with Crippen molar-refractivity contribution in [3.05, 3.63) is 60.7 Å². The number of aromatic nitrogens is 4. The number of piperazine rings is 1. The van der Waals surface area contributed by atoms with Crippen LogP contribution in [0.15, 0.2) is 60.7 Å². The van der Waals surface area contributed by atoms with Crippen molar-refractivity contribution in [3.8, 4) is 22.8 Å². The number of hydrogen-bond donors (Lipinski definition) is 2. The van der Waals surface area contributed by atoms with E-state index in [4.69, 9.17) is 9.97 Å². The minimum Gasteiger partial charge on any atom is -0.378 e. The summed E-state index contributed by atoms with van der Waals surface area (Å²) in [7, 11) is 6.28. The van der Waals surface area contributed by atoms with E-state index in [0.717, 1.165) is 76.7 Å². The van der Waals surface area contributed by atoms with Gasteiger partial charge in [-0.25, -0.2) is 9.97 Å². The first-order chi connectivity index (χ1) is 16.5. The monoisotopic (exact) mass is 451 g/mol. The van der Waals surface area contributed by atoms with Gasteiger partial charge in [0.25, 0.3) is 0 Å². The molecule has 3 heterocycles. The first kappa shape index (κ1) is 20.7. The van der Waals surface area contributed by atoms with Gasteiger partial charge in [-0.3, -0.25) is 0 Å². The molecule has 3 aromatic carbocycles. The standard InChI is InChI=1S/C27H29N7/c1-32(2)20-6-4-5-18(15-20)26-28-22-9-7-19(16-24(22)30-26)27-29-23-10-8-21(17-25(23)31-27)34-13-11-33(3)12-14-34/h4-10,15-17H,11-14H2,1-3H3,(H,28,30)(H,29,31). The highest BCUT2D eigenvalue weighted by Gasteiger charge is 2.16. The first-order valence-corrected chi connectivity index (χ1v) is 11.7. The Kier molecular flexibility index (Phi) is 4.99. The largest absolute Gasteiger partial charge is 0.378 e. The molecule has 2 N–H and O–H groups in total. The predicted molar refractivity (Wildman–Crippen MR) is 141 cm³/mol. The molecule has 0 radical (unpaired) electrons. The van der Waals surface area contributed by atoms with Gasteiger partial charge in [0.2, 0.25) is 0 Å². The summed E-state index contributed by atoms with van der Waals surface area (Å²) >= 11 is 0. The Morgan fingerprint density at radius 1 is 0.735 bits per heavy atom. The van der Waals surface area contributed by atoms with Crippen molar-refractivity contribution in [2.45, 2.75) is 0 Å². The van der Waals surface area contributed by atoms with Crippen molar-refractivity contribution < 1.29 is 0 Å². The van der Waals surface area contributed by atoms with Gasteiger partial charge in [-0.2, -0.15) is 0 Å². The third-order valence-corrected chi connectivity index (χ3v) is 6.73. The number of fused-ring (bicyclic) bond motifs is 2. The minimum atomic E-state index is 0.872. The molecule has 34 heavy (non-hydrogen) atoms. The third kappa shape index (κ3) is 3.78. The van der Waals surface area contributed by atoms with Crippen LogP contribution in [-0.4, -0.2) is 72.2 Å². The van der Waals surface area contributed by atoms with Gasteiger partial charge in [-0.05, 0) is 55.6 Å². The predicted octanol–water partition coefficient (Wildman–Crippen LogP) is 4.59. The van der Waals surface area contributed by atoms with E-state index in [2.05, 4.69) is 92.4 Å². The molecule has 1 saturated heterocycles. The minimum absolute atomic E-state index is 0.872. The van der Waals surface area contributed by atoms with Crippen LogP contribution in [0.2, 0.25) is 0 Å². The Bertz CT molecular complexity index is 1470. The smallest absolute Gasteiger partial charge is 0.138 e. The summed E-state index contributed by atoms with van der Waals surface area (Å²) in [5.41, 5.74) is 8.52. The molecule has 7 heteroatoms. The lowest BCUT2D eigenvalue weighted by Crippen LogP contribution is -2.44. The topological polar surface area (TPSA) is 67.1 Å². The molecule has 0 bridgehead atoms. The number of nitrogens with one attached hydrogen (secondary N) is 2. The van der Waals surface area contributed by atoms with Gasteiger partial charge in [0.15, 0.2) is 0 Å². The van der Waals surface area contributed by atoms with Crippen molar-refractivity contribution in [2.24, 2.45) is 0 Å². The van der Waals surface area contributed by atoms with Gasteiger partial charge in [0.05, 0.1) is 22.1 Å². The van der Waals surface area contributed by atoms with E-state index in [1.165, 1.54) is 5.69 Å². The zero-order valence-electron chi connectivity index (χ0n) is 19.8. The van der Waals surface area contributed by atoms with Crippen molar-refractivity contribution >= 4 is 33.4 Å². The van der Waals surface area contributed by atoms with Gasteiger partial charge in [0.1, 0.15) is 11.6 Å². The maximum atomic E-state index is 4.86. The van der Waals surface area contributed by atoms with Crippen LogP contribution in [0.4, 0.5) is 11.4 Å². The highest BCUT2D eigenvalue weighted by Crippen LogP contribution is 2.29. The molecule has 0 spiro atoms. The van der Waals surface area contributed by atoms with E-state index < -0.39 is 0 Å². The number of nitrogens with zero attached hydrogens (tertiary/aromatic N) is 5. The van der Waals surface area contributed by atoms with Crippen molar-refractivity contribution in [3.63, 3.8) is 0 Å². The molecular weight excluding hydrogens is 422 g/mol. The van der Waals surface area contributed by atoms with E-state index in [0.29, 0.717) is 0 Å². The number of benzene rings is 3. The molecule has 172 valence electrons. The Balaban J connectivity index is 1.31. The molecule has 0 atom stereocenters. The van der Waals surface area contributed by atoms with E-state index in [-0.39, 0.29) is 0 Å². The molecule has 5 aromatic rings. The molecular formula is C27H29N7. The zero-order valence-corrected chi connectivity index (χ0v) is 19.8. The number of rotatable bonds is 4. The molecule has 7 nitrogen and oxygen atoms in total.